The van der Waals surface area contributed by atoms with Crippen LogP contribution in [0.25, 0.3) is 11.4 Å². The Labute approximate surface area is 191 Å². The van der Waals surface area contributed by atoms with Crippen LogP contribution in [0.2, 0.25) is 0 Å². The first-order valence-electron chi connectivity index (χ1n) is 11.5. The maximum absolute atomic E-state index is 11.9. The SMILES string of the molecule is CCC/C=C\CCCC(=O)Oc1cnc(-c2ccc(CCC(C)OC(=O)CC)cc2)nc1. The van der Waals surface area contributed by atoms with E-state index < -0.39 is 0 Å². The minimum absolute atomic E-state index is 0.0989. The van der Waals surface area contributed by atoms with Crippen LogP contribution in [0.15, 0.2) is 48.8 Å². The molecule has 0 N–H and O–H groups in total. The number of aryl methyl sites for hydroxylation is 1. The second-order valence-corrected chi connectivity index (χ2v) is 7.76. The van der Waals surface area contributed by atoms with Gasteiger partial charge in [0.1, 0.15) is 0 Å². The van der Waals surface area contributed by atoms with Gasteiger partial charge >= 0.3 is 11.9 Å². The van der Waals surface area contributed by atoms with Crippen LogP contribution in [-0.2, 0) is 20.7 Å². The Balaban J connectivity index is 1.79. The molecule has 0 bridgehead atoms. The standard InChI is InChI=1S/C26H34N2O4/c1-4-6-7-8-9-10-11-25(30)32-23-18-27-26(28-19-23)22-16-14-21(15-17-22)13-12-20(3)31-24(29)5-2/h7-8,14-20H,4-6,9-13H2,1-3H3/b8-7-. The molecule has 0 aliphatic rings. The van der Waals surface area contributed by atoms with Crippen LogP contribution in [0.3, 0.4) is 0 Å². The molecule has 0 amide bonds. The molecular weight excluding hydrogens is 404 g/mol. The van der Waals surface area contributed by atoms with Crippen molar-refractivity contribution < 1.29 is 19.1 Å². The van der Waals surface area contributed by atoms with Gasteiger partial charge in [-0.25, -0.2) is 9.97 Å². The summed E-state index contributed by atoms with van der Waals surface area (Å²) in [6, 6.07) is 7.97. The van der Waals surface area contributed by atoms with Crippen LogP contribution in [0, 0.1) is 0 Å². The molecule has 1 aromatic heterocycles. The number of benzene rings is 1. The minimum atomic E-state index is -0.270. The average molecular weight is 439 g/mol. The molecule has 2 aromatic rings. The third-order valence-corrected chi connectivity index (χ3v) is 4.91. The molecule has 0 saturated carbocycles. The van der Waals surface area contributed by atoms with Crippen LogP contribution >= 0.6 is 0 Å². The molecule has 0 radical (unpaired) electrons. The molecule has 6 heteroatoms. The number of ether oxygens (including phenoxy) is 2. The maximum atomic E-state index is 11.9. The monoisotopic (exact) mass is 438 g/mol. The molecule has 0 fully saturated rings. The van der Waals surface area contributed by atoms with E-state index in [1.54, 1.807) is 6.92 Å². The van der Waals surface area contributed by atoms with E-state index in [4.69, 9.17) is 9.47 Å². The average Bonchev–Trinajstić information content (AvgIpc) is 2.81. The number of hydrogen-bond donors (Lipinski definition) is 0. The molecule has 172 valence electrons. The molecule has 32 heavy (non-hydrogen) atoms. The molecule has 1 atom stereocenters. The topological polar surface area (TPSA) is 78.4 Å². The van der Waals surface area contributed by atoms with Crippen molar-refractivity contribution in [1.82, 2.24) is 9.97 Å². The summed E-state index contributed by atoms with van der Waals surface area (Å²) in [6.07, 6.45) is 13.4. The Morgan fingerprint density at radius 3 is 2.34 bits per heavy atom. The van der Waals surface area contributed by atoms with E-state index in [-0.39, 0.29) is 18.0 Å². The number of esters is 2. The van der Waals surface area contributed by atoms with Crippen molar-refractivity contribution in [1.29, 1.82) is 0 Å². The number of carbonyl (C=O) groups is 2. The van der Waals surface area contributed by atoms with Gasteiger partial charge in [-0.05, 0) is 44.6 Å². The van der Waals surface area contributed by atoms with E-state index >= 15 is 0 Å². The predicted octanol–water partition coefficient (Wildman–Crippen LogP) is 5.85. The Morgan fingerprint density at radius 1 is 1.00 bits per heavy atom. The zero-order valence-electron chi connectivity index (χ0n) is 19.4. The van der Waals surface area contributed by atoms with Gasteiger partial charge in [0.05, 0.1) is 18.5 Å². The van der Waals surface area contributed by atoms with Crippen molar-refractivity contribution in [3.63, 3.8) is 0 Å². The van der Waals surface area contributed by atoms with Gasteiger partial charge < -0.3 is 9.47 Å². The normalized spacial score (nSPS) is 12.0. The lowest BCUT2D eigenvalue weighted by molar-refractivity contribution is -0.148. The van der Waals surface area contributed by atoms with Crippen molar-refractivity contribution in [2.24, 2.45) is 0 Å². The summed E-state index contributed by atoms with van der Waals surface area (Å²) in [7, 11) is 0. The van der Waals surface area contributed by atoms with E-state index in [2.05, 4.69) is 29.0 Å². The first-order chi connectivity index (χ1) is 15.5. The molecule has 6 nitrogen and oxygen atoms in total. The zero-order chi connectivity index (χ0) is 23.2. The van der Waals surface area contributed by atoms with Crippen molar-refractivity contribution in [3.8, 4) is 17.1 Å². The number of unbranched alkanes of at least 4 members (excludes halogenated alkanes) is 2. The number of carbonyl (C=O) groups excluding carboxylic acids is 2. The van der Waals surface area contributed by atoms with E-state index in [0.29, 0.717) is 24.4 Å². The van der Waals surface area contributed by atoms with Crippen LogP contribution in [0.1, 0.15) is 71.3 Å². The molecule has 0 aliphatic carbocycles. The molecule has 2 rings (SSSR count). The minimum Gasteiger partial charge on any atom is -0.463 e. The molecule has 0 saturated heterocycles. The number of nitrogens with zero attached hydrogens (tertiary/aromatic N) is 2. The summed E-state index contributed by atoms with van der Waals surface area (Å²) in [4.78, 5) is 31.9. The third-order valence-electron chi connectivity index (χ3n) is 4.91. The van der Waals surface area contributed by atoms with E-state index in [0.717, 1.165) is 49.7 Å². The molecule has 1 unspecified atom stereocenters. The predicted molar refractivity (Wildman–Crippen MR) is 125 cm³/mol. The number of allylic oxidation sites excluding steroid dienone is 2. The fraction of sp³-hybridized carbons (Fsp3) is 0.462. The van der Waals surface area contributed by atoms with Gasteiger partial charge in [-0.15, -0.1) is 0 Å². The quantitative estimate of drug-likeness (QED) is 0.222. The first-order valence-corrected chi connectivity index (χ1v) is 11.5. The third kappa shape index (κ3) is 9.41. The Bertz CT molecular complexity index is 860. The number of rotatable bonds is 13. The van der Waals surface area contributed by atoms with Crippen molar-refractivity contribution >= 4 is 11.9 Å². The molecule has 0 spiro atoms. The molecular formula is C26H34N2O4. The summed E-state index contributed by atoms with van der Waals surface area (Å²) in [5.74, 6) is 0.488. The number of aromatic nitrogens is 2. The van der Waals surface area contributed by atoms with E-state index in [1.807, 2.05) is 31.2 Å². The first kappa shape index (κ1) is 25.2. The highest BCUT2D eigenvalue weighted by molar-refractivity contribution is 5.72. The zero-order valence-corrected chi connectivity index (χ0v) is 19.4. The highest BCUT2D eigenvalue weighted by Gasteiger charge is 2.09. The van der Waals surface area contributed by atoms with Crippen LogP contribution in [0.4, 0.5) is 0 Å². The number of hydrogen-bond acceptors (Lipinski definition) is 6. The van der Waals surface area contributed by atoms with Gasteiger partial charge in [0.15, 0.2) is 11.6 Å². The second kappa shape index (κ2) is 14.1. The summed E-state index contributed by atoms with van der Waals surface area (Å²) in [6.45, 7) is 5.84. The Morgan fingerprint density at radius 2 is 1.69 bits per heavy atom. The summed E-state index contributed by atoms with van der Waals surface area (Å²) < 4.78 is 10.6. The molecule has 1 aromatic carbocycles. The summed E-state index contributed by atoms with van der Waals surface area (Å²) >= 11 is 0. The van der Waals surface area contributed by atoms with Crippen LogP contribution in [0.5, 0.6) is 5.75 Å². The molecule has 1 heterocycles. The van der Waals surface area contributed by atoms with Crippen molar-refractivity contribution in [2.75, 3.05) is 0 Å². The van der Waals surface area contributed by atoms with Gasteiger partial charge in [0, 0.05) is 18.4 Å². The largest absolute Gasteiger partial charge is 0.463 e. The fourth-order valence-corrected chi connectivity index (χ4v) is 3.02. The lowest BCUT2D eigenvalue weighted by Gasteiger charge is -2.12. The second-order valence-electron chi connectivity index (χ2n) is 7.76. The Hall–Kier alpha value is -3.02. The van der Waals surface area contributed by atoms with Crippen LogP contribution in [-0.4, -0.2) is 28.0 Å². The van der Waals surface area contributed by atoms with E-state index in [1.165, 1.54) is 12.4 Å². The highest BCUT2D eigenvalue weighted by Crippen LogP contribution is 2.19. The van der Waals surface area contributed by atoms with Crippen LogP contribution < -0.4 is 4.74 Å². The highest BCUT2D eigenvalue weighted by atomic mass is 16.5. The molecule has 0 aliphatic heterocycles. The van der Waals surface area contributed by atoms with E-state index in [9.17, 15) is 9.59 Å². The van der Waals surface area contributed by atoms with Gasteiger partial charge in [-0.2, -0.15) is 0 Å². The smallest absolute Gasteiger partial charge is 0.311 e. The maximum Gasteiger partial charge on any atom is 0.311 e. The van der Waals surface area contributed by atoms with Gasteiger partial charge in [0.25, 0.3) is 0 Å². The summed E-state index contributed by atoms with van der Waals surface area (Å²) in [5.41, 5.74) is 2.04. The lowest BCUT2D eigenvalue weighted by atomic mass is 10.1. The van der Waals surface area contributed by atoms with Crippen molar-refractivity contribution in [3.05, 3.63) is 54.4 Å². The van der Waals surface area contributed by atoms with Gasteiger partial charge in [-0.1, -0.05) is 56.7 Å². The Kier molecular flexibility index (Phi) is 11.1. The fourth-order valence-electron chi connectivity index (χ4n) is 3.02. The van der Waals surface area contributed by atoms with Gasteiger partial charge in [0.2, 0.25) is 0 Å². The van der Waals surface area contributed by atoms with Crippen molar-refractivity contribution in [2.45, 2.75) is 78.2 Å². The lowest BCUT2D eigenvalue weighted by Crippen LogP contribution is -2.14. The van der Waals surface area contributed by atoms with Gasteiger partial charge in [-0.3, -0.25) is 9.59 Å². The summed E-state index contributed by atoms with van der Waals surface area (Å²) in [5, 5.41) is 0.